The fourth-order valence-corrected chi connectivity index (χ4v) is 2.22. The third kappa shape index (κ3) is 3.03. The second-order valence-electron chi connectivity index (χ2n) is 4.94. The van der Waals surface area contributed by atoms with Gasteiger partial charge in [0.1, 0.15) is 0 Å². The predicted molar refractivity (Wildman–Crippen MR) is 80.2 cm³/mol. The molecule has 1 aromatic carbocycles. The maximum Gasteiger partial charge on any atom is 0.422 e. The van der Waals surface area contributed by atoms with Crippen LogP contribution in [0, 0.1) is 0 Å². The average Bonchev–Trinajstić information content (AvgIpc) is 2.79. The first-order valence-electron chi connectivity index (χ1n) is 6.86. The van der Waals surface area contributed by atoms with Crippen LogP contribution < -0.4 is 0 Å². The molecule has 0 spiro atoms. The van der Waals surface area contributed by atoms with Crippen LogP contribution in [0.4, 0.5) is 4.79 Å². The summed E-state index contributed by atoms with van der Waals surface area (Å²) in [5, 5.41) is 9.53. The van der Waals surface area contributed by atoms with Gasteiger partial charge in [-0.1, -0.05) is 18.2 Å². The summed E-state index contributed by atoms with van der Waals surface area (Å²) in [6.45, 7) is -0.222. The molecule has 1 aliphatic rings. The normalized spacial score (nSPS) is 16.2. The molecule has 1 aromatic heterocycles. The molecule has 2 amide bonds. The number of fused-ring (bicyclic) bond motifs is 1. The van der Waals surface area contributed by atoms with Crippen LogP contribution in [0.25, 0.3) is 17.0 Å². The van der Waals surface area contributed by atoms with E-state index in [0.717, 1.165) is 15.8 Å². The lowest BCUT2D eigenvalue weighted by atomic mass is 10.1. The number of carboxylic acid groups (broad SMARTS) is 1. The minimum atomic E-state index is -1.10. The van der Waals surface area contributed by atoms with Gasteiger partial charge in [0.2, 0.25) is 0 Å². The molecule has 1 saturated heterocycles. The largest absolute Gasteiger partial charge is 0.481 e. The first-order valence-corrected chi connectivity index (χ1v) is 6.86. The number of ether oxygens (including phenoxy) is 1. The number of carbonyl (C=O) groups excluding carboxylic acids is 2. The van der Waals surface area contributed by atoms with Crippen molar-refractivity contribution in [1.82, 2.24) is 9.88 Å². The number of aliphatic carboxylic acids is 1. The summed E-state index contributed by atoms with van der Waals surface area (Å²) in [5.74, 6) is -1.89. The summed E-state index contributed by atoms with van der Waals surface area (Å²) >= 11 is 0. The number of nitrogens with zero attached hydrogens (tertiary/aromatic N) is 2. The predicted octanol–water partition coefficient (Wildman–Crippen LogP) is 2.03. The van der Waals surface area contributed by atoms with Gasteiger partial charge in [-0.05, 0) is 23.8 Å². The lowest BCUT2D eigenvalue weighted by Crippen LogP contribution is -2.30. The molecule has 23 heavy (non-hydrogen) atoms. The standard InChI is InChI=1S/C16H12N2O5/c19-14(20)5-6-18-15(21)13(23-16(18)22)8-10-7-11-3-1-2-4-12(11)17-9-10/h1-4,7-9H,5-6H2,(H,19,20)/b13-8+. The van der Waals surface area contributed by atoms with Crippen molar-refractivity contribution in [3.05, 3.63) is 47.9 Å². The molecule has 3 rings (SSSR count). The van der Waals surface area contributed by atoms with Gasteiger partial charge in [0.05, 0.1) is 11.9 Å². The molecule has 116 valence electrons. The van der Waals surface area contributed by atoms with Crippen LogP contribution in [-0.4, -0.2) is 39.5 Å². The van der Waals surface area contributed by atoms with Gasteiger partial charge in [-0.3, -0.25) is 14.6 Å². The maximum absolute atomic E-state index is 12.1. The summed E-state index contributed by atoms with van der Waals surface area (Å²) < 4.78 is 4.91. The summed E-state index contributed by atoms with van der Waals surface area (Å²) in [4.78, 5) is 39.3. The number of hydrogen-bond acceptors (Lipinski definition) is 5. The Morgan fingerprint density at radius 2 is 2.09 bits per heavy atom. The smallest absolute Gasteiger partial charge is 0.422 e. The number of rotatable bonds is 4. The fraction of sp³-hybridized carbons (Fsp3) is 0.125. The Morgan fingerprint density at radius 1 is 1.30 bits per heavy atom. The van der Waals surface area contributed by atoms with Crippen molar-refractivity contribution >= 4 is 34.9 Å². The van der Waals surface area contributed by atoms with E-state index in [4.69, 9.17) is 9.84 Å². The molecular formula is C16H12N2O5. The zero-order chi connectivity index (χ0) is 16.4. The van der Waals surface area contributed by atoms with Gasteiger partial charge in [-0.2, -0.15) is 0 Å². The summed E-state index contributed by atoms with van der Waals surface area (Å²) in [6.07, 6.45) is 1.79. The quantitative estimate of drug-likeness (QED) is 0.868. The Labute approximate surface area is 130 Å². The summed E-state index contributed by atoms with van der Waals surface area (Å²) in [5.41, 5.74) is 1.42. The third-order valence-corrected chi connectivity index (χ3v) is 3.33. The van der Waals surface area contributed by atoms with Gasteiger partial charge >= 0.3 is 12.1 Å². The molecule has 0 atom stereocenters. The lowest BCUT2D eigenvalue weighted by Gasteiger charge is -2.06. The van der Waals surface area contributed by atoms with Crippen LogP contribution in [0.5, 0.6) is 0 Å². The molecule has 1 N–H and O–H groups in total. The van der Waals surface area contributed by atoms with Crippen LogP contribution in [-0.2, 0) is 14.3 Å². The highest BCUT2D eigenvalue weighted by Crippen LogP contribution is 2.21. The highest BCUT2D eigenvalue weighted by molar-refractivity contribution is 6.10. The Kier molecular flexibility index (Phi) is 3.76. The topological polar surface area (TPSA) is 96.8 Å². The molecule has 0 unspecified atom stereocenters. The lowest BCUT2D eigenvalue weighted by molar-refractivity contribution is -0.137. The minimum Gasteiger partial charge on any atom is -0.481 e. The molecule has 7 heteroatoms. The van der Waals surface area contributed by atoms with E-state index >= 15 is 0 Å². The van der Waals surface area contributed by atoms with E-state index in [1.807, 2.05) is 30.3 Å². The number of carbonyl (C=O) groups is 3. The molecule has 1 aliphatic heterocycles. The van der Waals surface area contributed by atoms with Gasteiger partial charge in [-0.25, -0.2) is 9.69 Å². The number of imide groups is 1. The second-order valence-corrected chi connectivity index (χ2v) is 4.94. The Balaban J connectivity index is 1.85. The minimum absolute atomic E-state index is 0.141. The first kappa shape index (κ1) is 14.7. The Morgan fingerprint density at radius 3 is 2.87 bits per heavy atom. The molecule has 0 aliphatic carbocycles. The highest BCUT2D eigenvalue weighted by atomic mass is 16.6. The van der Waals surface area contributed by atoms with Gasteiger partial charge in [0, 0.05) is 18.1 Å². The van der Waals surface area contributed by atoms with Crippen LogP contribution >= 0.6 is 0 Å². The van der Waals surface area contributed by atoms with Crippen molar-refractivity contribution in [3.63, 3.8) is 0 Å². The van der Waals surface area contributed by atoms with Crippen molar-refractivity contribution in [3.8, 4) is 0 Å². The van der Waals surface area contributed by atoms with Gasteiger partial charge < -0.3 is 9.84 Å². The van der Waals surface area contributed by atoms with Crippen molar-refractivity contribution in [2.75, 3.05) is 6.54 Å². The van der Waals surface area contributed by atoms with Crippen molar-refractivity contribution in [2.24, 2.45) is 0 Å². The molecule has 0 saturated carbocycles. The first-order chi connectivity index (χ1) is 11.0. The van der Waals surface area contributed by atoms with Crippen LogP contribution in [0.2, 0.25) is 0 Å². The van der Waals surface area contributed by atoms with E-state index in [0.29, 0.717) is 5.56 Å². The van der Waals surface area contributed by atoms with E-state index in [2.05, 4.69) is 4.98 Å². The van der Waals surface area contributed by atoms with Crippen LogP contribution in [0.3, 0.4) is 0 Å². The number of carboxylic acids is 1. The summed E-state index contributed by atoms with van der Waals surface area (Å²) in [7, 11) is 0. The zero-order valence-electron chi connectivity index (χ0n) is 11.9. The molecule has 2 aromatic rings. The Bertz CT molecular complexity index is 843. The van der Waals surface area contributed by atoms with E-state index in [1.54, 1.807) is 6.20 Å². The number of hydrogen-bond donors (Lipinski definition) is 1. The number of cyclic esters (lactones) is 1. The molecule has 0 radical (unpaired) electrons. The van der Waals surface area contributed by atoms with E-state index in [1.165, 1.54) is 6.08 Å². The maximum atomic E-state index is 12.1. The van der Waals surface area contributed by atoms with E-state index in [-0.39, 0.29) is 18.7 Å². The zero-order valence-corrected chi connectivity index (χ0v) is 11.9. The summed E-state index contributed by atoms with van der Waals surface area (Å²) in [6, 6.07) is 9.30. The Hall–Kier alpha value is -3.22. The number of para-hydroxylation sites is 1. The number of amides is 2. The van der Waals surface area contributed by atoms with Crippen LogP contribution in [0.1, 0.15) is 12.0 Å². The molecule has 1 fully saturated rings. The molecule has 0 bridgehead atoms. The van der Waals surface area contributed by atoms with Crippen LogP contribution in [0.15, 0.2) is 42.3 Å². The average molecular weight is 312 g/mol. The van der Waals surface area contributed by atoms with E-state index < -0.39 is 18.0 Å². The monoisotopic (exact) mass is 312 g/mol. The van der Waals surface area contributed by atoms with Gasteiger partial charge in [-0.15, -0.1) is 0 Å². The van der Waals surface area contributed by atoms with Gasteiger partial charge in [0.25, 0.3) is 5.91 Å². The van der Waals surface area contributed by atoms with Crippen molar-refractivity contribution < 1.29 is 24.2 Å². The number of aromatic nitrogens is 1. The fourth-order valence-electron chi connectivity index (χ4n) is 2.22. The van der Waals surface area contributed by atoms with Crippen molar-refractivity contribution in [2.45, 2.75) is 6.42 Å². The highest BCUT2D eigenvalue weighted by Gasteiger charge is 2.36. The third-order valence-electron chi connectivity index (χ3n) is 3.33. The van der Waals surface area contributed by atoms with E-state index in [9.17, 15) is 14.4 Å². The second kappa shape index (κ2) is 5.88. The molecular weight excluding hydrogens is 300 g/mol. The SMILES string of the molecule is O=C(O)CCN1C(=O)O/C(=C/c2cnc3ccccc3c2)C1=O. The van der Waals surface area contributed by atoms with Gasteiger partial charge in [0.15, 0.2) is 5.76 Å². The molecule has 2 heterocycles. The number of pyridine rings is 1. The van der Waals surface area contributed by atoms with Crippen molar-refractivity contribution in [1.29, 1.82) is 0 Å². The molecule has 7 nitrogen and oxygen atoms in total. The number of benzene rings is 1.